The average Bonchev–Trinajstić information content (AvgIpc) is 2.55. The molecule has 3 aliphatic rings. The summed E-state index contributed by atoms with van der Waals surface area (Å²) in [7, 11) is 1.67. The van der Waals surface area contributed by atoms with Crippen LogP contribution in [0.25, 0.3) is 0 Å². The standard InChI is InChI=1S/C17H20N4O/c1-22-17-4-2-12(3-5-17)19-13-7-16(9-18-8-13)21-10-14-6-15(11-21)20-14/h2-5,7-9,14-15,19-20H,6,10-11H2,1H3. The van der Waals surface area contributed by atoms with Crippen LogP contribution in [0.15, 0.2) is 42.7 Å². The summed E-state index contributed by atoms with van der Waals surface area (Å²) in [6.45, 7) is 2.15. The molecule has 5 heteroatoms. The lowest BCUT2D eigenvalue weighted by Crippen LogP contribution is -2.67. The Morgan fingerprint density at radius 3 is 2.55 bits per heavy atom. The minimum absolute atomic E-state index is 0.650. The second kappa shape index (κ2) is 5.50. The number of piperazine rings is 1. The number of aromatic nitrogens is 1. The van der Waals surface area contributed by atoms with E-state index in [1.807, 2.05) is 36.7 Å². The van der Waals surface area contributed by atoms with E-state index < -0.39 is 0 Å². The largest absolute Gasteiger partial charge is 0.497 e. The van der Waals surface area contributed by atoms with Crippen molar-refractivity contribution < 1.29 is 4.74 Å². The third-order valence-corrected chi connectivity index (χ3v) is 4.39. The second-order valence-corrected chi connectivity index (χ2v) is 5.99. The van der Waals surface area contributed by atoms with Crippen LogP contribution in [0.1, 0.15) is 6.42 Å². The molecule has 2 aromatic rings. The summed E-state index contributed by atoms with van der Waals surface area (Å²) in [5.74, 6) is 0.859. The molecule has 0 radical (unpaired) electrons. The van der Waals surface area contributed by atoms with Gasteiger partial charge in [0.2, 0.25) is 0 Å². The van der Waals surface area contributed by atoms with Crippen LogP contribution in [-0.2, 0) is 0 Å². The number of benzene rings is 1. The Labute approximate surface area is 130 Å². The molecule has 3 fully saturated rings. The third-order valence-electron chi connectivity index (χ3n) is 4.39. The Hall–Kier alpha value is -2.27. The van der Waals surface area contributed by atoms with E-state index in [9.17, 15) is 0 Å². The molecule has 3 saturated heterocycles. The SMILES string of the molecule is COc1ccc(Nc2cncc(N3CC4CC(C3)N4)c2)cc1. The summed E-state index contributed by atoms with van der Waals surface area (Å²) >= 11 is 0. The molecule has 4 heterocycles. The number of nitrogens with zero attached hydrogens (tertiary/aromatic N) is 2. The Kier molecular flexibility index (Phi) is 3.35. The first-order valence-corrected chi connectivity index (χ1v) is 7.67. The minimum Gasteiger partial charge on any atom is -0.497 e. The number of nitrogens with one attached hydrogen (secondary N) is 2. The third kappa shape index (κ3) is 2.60. The first-order valence-electron chi connectivity index (χ1n) is 7.67. The van der Waals surface area contributed by atoms with Gasteiger partial charge in [0.1, 0.15) is 5.75 Å². The van der Waals surface area contributed by atoms with Gasteiger partial charge in [0, 0.05) is 30.9 Å². The van der Waals surface area contributed by atoms with Crippen molar-refractivity contribution in [1.82, 2.24) is 10.3 Å². The molecule has 2 unspecified atom stereocenters. The second-order valence-electron chi connectivity index (χ2n) is 5.99. The molecule has 0 amide bonds. The zero-order valence-corrected chi connectivity index (χ0v) is 12.6. The van der Waals surface area contributed by atoms with Crippen LogP contribution >= 0.6 is 0 Å². The first-order chi connectivity index (χ1) is 10.8. The number of hydrogen-bond acceptors (Lipinski definition) is 5. The maximum Gasteiger partial charge on any atom is 0.119 e. The summed E-state index contributed by atoms with van der Waals surface area (Å²) in [4.78, 5) is 6.80. The van der Waals surface area contributed by atoms with Gasteiger partial charge in [-0.1, -0.05) is 0 Å². The van der Waals surface area contributed by atoms with Crippen LogP contribution in [0.4, 0.5) is 17.1 Å². The van der Waals surface area contributed by atoms with Crippen LogP contribution in [0.2, 0.25) is 0 Å². The molecule has 22 heavy (non-hydrogen) atoms. The maximum absolute atomic E-state index is 5.18. The van der Waals surface area contributed by atoms with Crippen LogP contribution in [0, 0.1) is 0 Å². The van der Waals surface area contributed by atoms with Gasteiger partial charge in [-0.3, -0.25) is 4.98 Å². The van der Waals surface area contributed by atoms with Crippen LogP contribution in [0.3, 0.4) is 0 Å². The van der Waals surface area contributed by atoms with E-state index in [4.69, 9.17) is 4.74 Å². The van der Waals surface area contributed by atoms with E-state index in [1.165, 1.54) is 12.1 Å². The molecular weight excluding hydrogens is 276 g/mol. The van der Waals surface area contributed by atoms with Gasteiger partial charge >= 0.3 is 0 Å². The molecule has 0 saturated carbocycles. The Bertz CT molecular complexity index is 642. The summed E-state index contributed by atoms with van der Waals surface area (Å²) in [6.07, 6.45) is 5.12. The summed E-state index contributed by atoms with van der Waals surface area (Å²) < 4.78 is 5.18. The highest BCUT2D eigenvalue weighted by Crippen LogP contribution is 2.28. The van der Waals surface area contributed by atoms with E-state index in [0.717, 1.165) is 30.2 Å². The molecule has 0 spiro atoms. The quantitative estimate of drug-likeness (QED) is 0.907. The molecule has 3 aliphatic heterocycles. The topological polar surface area (TPSA) is 49.4 Å². The van der Waals surface area contributed by atoms with E-state index >= 15 is 0 Å². The lowest BCUT2D eigenvalue weighted by molar-refractivity contribution is 0.226. The molecule has 114 valence electrons. The van der Waals surface area contributed by atoms with Gasteiger partial charge in [-0.25, -0.2) is 0 Å². The molecule has 5 rings (SSSR count). The molecular formula is C17H20N4O. The summed E-state index contributed by atoms with van der Waals surface area (Å²) in [5, 5.41) is 6.95. The Balaban J connectivity index is 1.48. The smallest absolute Gasteiger partial charge is 0.119 e. The molecule has 2 atom stereocenters. The fourth-order valence-electron chi connectivity index (χ4n) is 3.23. The monoisotopic (exact) mass is 296 g/mol. The number of rotatable bonds is 4. The number of piperidine rings is 1. The molecule has 1 aromatic heterocycles. The van der Waals surface area contributed by atoms with Gasteiger partial charge in [-0.2, -0.15) is 0 Å². The number of fused-ring (bicyclic) bond motifs is 2. The summed E-state index contributed by atoms with van der Waals surface area (Å²) in [5.41, 5.74) is 3.23. The fraction of sp³-hybridized carbons (Fsp3) is 0.353. The summed E-state index contributed by atoms with van der Waals surface area (Å²) in [6, 6.07) is 11.4. The van der Waals surface area contributed by atoms with Crippen molar-refractivity contribution in [3.63, 3.8) is 0 Å². The van der Waals surface area contributed by atoms with Crippen molar-refractivity contribution in [2.75, 3.05) is 30.4 Å². The van der Waals surface area contributed by atoms with Crippen LogP contribution in [0.5, 0.6) is 5.75 Å². The molecule has 2 bridgehead atoms. The van der Waals surface area contributed by atoms with Crippen LogP contribution in [-0.4, -0.2) is 37.3 Å². The lowest BCUT2D eigenvalue weighted by atomic mass is 9.91. The van der Waals surface area contributed by atoms with Gasteiger partial charge in [0.05, 0.1) is 30.9 Å². The normalized spacial score (nSPS) is 22.9. The average molecular weight is 296 g/mol. The van der Waals surface area contributed by atoms with Crippen molar-refractivity contribution in [1.29, 1.82) is 0 Å². The number of anilines is 3. The maximum atomic E-state index is 5.18. The van der Waals surface area contributed by atoms with Gasteiger partial charge in [0.15, 0.2) is 0 Å². The number of methoxy groups -OCH3 is 1. The van der Waals surface area contributed by atoms with E-state index in [1.54, 1.807) is 7.11 Å². The predicted molar refractivity (Wildman–Crippen MR) is 88.1 cm³/mol. The highest BCUT2D eigenvalue weighted by atomic mass is 16.5. The van der Waals surface area contributed by atoms with Crippen molar-refractivity contribution in [2.45, 2.75) is 18.5 Å². The molecule has 1 aromatic carbocycles. The van der Waals surface area contributed by atoms with Gasteiger partial charge in [-0.05, 0) is 36.8 Å². The van der Waals surface area contributed by atoms with Gasteiger partial charge < -0.3 is 20.3 Å². The lowest BCUT2D eigenvalue weighted by Gasteiger charge is -2.49. The Morgan fingerprint density at radius 2 is 1.86 bits per heavy atom. The highest BCUT2D eigenvalue weighted by molar-refractivity contribution is 5.64. The number of hydrogen-bond donors (Lipinski definition) is 2. The number of ether oxygens (including phenoxy) is 1. The van der Waals surface area contributed by atoms with Gasteiger partial charge in [0.25, 0.3) is 0 Å². The highest BCUT2D eigenvalue weighted by Gasteiger charge is 2.36. The van der Waals surface area contributed by atoms with Crippen molar-refractivity contribution in [3.05, 3.63) is 42.7 Å². The van der Waals surface area contributed by atoms with Crippen molar-refractivity contribution >= 4 is 17.1 Å². The van der Waals surface area contributed by atoms with E-state index in [2.05, 4.69) is 26.6 Å². The minimum atomic E-state index is 0.650. The predicted octanol–water partition coefficient (Wildman–Crippen LogP) is 2.38. The Morgan fingerprint density at radius 1 is 1.14 bits per heavy atom. The van der Waals surface area contributed by atoms with Crippen LogP contribution < -0.4 is 20.3 Å². The van der Waals surface area contributed by atoms with E-state index in [-0.39, 0.29) is 0 Å². The zero-order valence-electron chi connectivity index (χ0n) is 12.6. The molecule has 0 aliphatic carbocycles. The number of pyridine rings is 1. The zero-order chi connectivity index (χ0) is 14.9. The van der Waals surface area contributed by atoms with Gasteiger partial charge in [-0.15, -0.1) is 0 Å². The molecule has 5 nitrogen and oxygen atoms in total. The fourth-order valence-corrected chi connectivity index (χ4v) is 3.23. The van der Waals surface area contributed by atoms with E-state index in [0.29, 0.717) is 12.1 Å². The van der Waals surface area contributed by atoms with Crippen molar-refractivity contribution in [3.8, 4) is 5.75 Å². The van der Waals surface area contributed by atoms with Crippen molar-refractivity contribution in [2.24, 2.45) is 0 Å². The first kappa shape index (κ1) is 13.4. The molecule has 2 N–H and O–H groups in total.